The Morgan fingerprint density at radius 2 is 0.965 bits per heavy atom. The van der Waals surface area contributed by atoms with Crippen molar-refractivity contribution in [3.05, 3.63) is 211 Å². The predicted molar refractivity (Wildman–Crippen MR) is 240 cm³/mol. The lowest BCUT2D eigenvalue weighted by atomic mass is 9.82. The van der Waals surface area contributed by atoms with Gasteiger partial charge in [-0.3, -0.25) is 0 Å². The fourth-order valence-corrected chi connectivity index (χ4v) is 9.27. The molecule has 0 atom stereocenters. The second kappa shape index (κ2) is 13.0. The highest BCUT2D eigenvalue weighted by Gasteiger charge is 2.35. The monoisotopic (exact) mass is 729 g/mol. The number of fused-ring (bicyclic) bond motifs is 8. The molecule has 0 fully saturated rings. The number of benzene rings is 9. The Labute approximate surface area is 332 Å². The molecule has 1 heterocycles. The number of anilines is 3. The molecule has 0 radical (unpaired) electrons. The number of hydrogen-bond acceptors (Lipinski definition) is 2. The summed E-state index contributed by atoms with van der Waals surface area (Å²) in [6.45, 7) is 4.70. The quantitative estimate of drug-likeness (QED) is 0.169. The summed E-state index contributed by atoms with van der Waals surface area (Å²) in [7, 11) is 0. The molecule has 0 unspecified atom stereocenters. The topological polar surface area (TPSA) is 16.4 Å². The smallest absolute Gasteiger partial charge is 0.143 e. The molecule has 0 bridgehead atoms. The van der Waals surface area contributed by atoms with Gasteiger partial charge in [-0.15, -0.1) is 0 Å². The predicted octanol–water partition coefficient (Wildman–Crippen LogP) is 15.5. The first-order valence-corrected chi connectivity index (χ1v) is 19.8. The lowest BCUT2D eigenvalue weighted by Gasteiger charge is -2.28. The van der Waals surface area contributed by atoms with E-state index in [0.717, 1.165) is 50.0 Å². The fraction of sp³-hybridized carbons (Fsp3) is 0.0545. The van der Waals surface area contributed by atoms with Crippen LogP contribution in [0, 0.1) is 0 Å². The molecule has 0 spiro atoms. The van der Waals surface area contributed by atoms with Crippen LogP contribution < -0.4 is 4.90 Å². The molecule has 0 saturated carbocycles. The molecule has 9 aromatic carbocycles. The van der Waals surface area contributed by atoms with E-state index in [9.17, 15) is 0 Å². The number of nitrogens with zero attached hydrogens (tertiary/aromatic N) is 1. The van der Waals surface area contributed by atoms with Gasteiger partial charge in [0.2, 0.25) is 0 Å². The number of rotatable bonds is 6. The summed E-state index contributed by atoms with van der Waals surface area (Å²) >= 11 is 0. The van der Waals surface area contributed by atoms with E-state index in [1.807, 2.05) is 0 Å². The van der Waals surface area contributed by atoms with Crippen molar-refractivity contribution in [2.45, 2.75) is 19.3 Å². The molecule has 2 nitrogen and oxygen atoms in total. The van der Waals surface area contributed by atoms with Gasteiger partial charge < -0.3 is 9.32 Å². The lowest BCUT2D eigenvalue weighted by molar-refractivity contribution is 0.660. The maximum absolute atomic E-state index is 6.71. The standard InChI is InChI=1S/C55H39NO/c1-55(2)50-25-12-11-22-45(50)46-32-31-42(34-51(46)55)56(40-29-27-37(28-30-40)36-15-5-3-6-16-36)41-20-13-19-39(33-41)48-35-49-53-43(38-17-7-4-8-18-38)24-14-26-52(53)57-54(49)47-23-10-9-21-44(47)48/h3-35H,1-2H3. The van der Waals surface area contributed by atoms with E-state index in [1.165, 1.54) is 55.5 Å². The largest absolute Gasteiger partial charge is 0.455 e. The van der Waals surface area contributed by atoms with Crippen LogP contribution in [-0.4, -0.2) is 0 Å². The zero-order valence-corrected chi connectivity index (χ0v) is 31.9. The van der Waals surface area contributed by atoms with Crippen molar-refractivity contribution < 1.29 is 4.42 Å². The highest BCUT2D eigenvalue weighted by molar-refractivity contribution is 6.22. The third kappa shape index (κ3) is 5.33. The summed E-state index contributed by atoms with van der Waals surface area (Å²) in [5.41, 5.74) is 17.5. The lowest BCUT2D eigenvalue weighted by Crippen LogP contribution is -2.16. The van der Waals surface area contributed by atoms with E-state index >= 15 is 0 Å². The van der Waals surface area contributed by atoms with Crippen molar-refractivity contribution >= 4 is 49.8 Å². The maximum atomic E-state index is 6.71. The van der Waals surface area contributed by atoms with E-state index < -0.39 is 0 Å². The van der Waals surface area contributed by atoms with Crippen LogP contribution in [0.1, 0.15) is 25.0 Å². The van der Waals surface area contributed by atoms with Gasteiger partial charge in [-0.1, -0.05) is 166 Å². The summed E-state index contributed by atoms with van der Waals surface area (Å²) in [4.78, 5) is 2.42. The van der Waals surface area contributed by atoms with Crippen LogP contribution in [0.2, 0.25) is 0 Å². The van der Waals surface area contributed by atoms with Gasteiger partial charge in [-0.25, -0.2) is 0 Å². The molecular weight excluding hydrogens is 691 g/mol. The van der Waals surface area contributed by atoms with Crippen molar-refractivity contribution in [1.82, 2.24) is 0 Å². The summed E-state index contributed by atoms with van der Waals surface area (Å²) in [5.74, 6) is 0. The third-order valence-electron chi connectivity index (χ3n) is 12.1. The van der Waals surface area contributed by atoms with Crippen LogP contribution in [0.15, 0.2) is 205 Å². The number of hydrogen-bond donors (Lipinski definition) is 0. The zero-order chi connectivity index (χ0) is 38.1. The molecule has 57 heavy (non-hydrogen) atoms. The Morgan fingerprint density at radius 3 is 1.77 bits per heavy atom. The minimum Gasteiger partial charge on any atom is -0.455 e. The van der Waals surface area contributed by atoms with Crippen LogP contribution in [0.4, 0.5) is 17.1 Å². The fourth-order valence-electron chi connectivity index (χ4n) is 9.27. The molecule has 10 aromatic rings. The minimum absolute atomic E-state index is 0.118. The van der Waals surface area contributed by atoms with Crippen molar-refractivity contribution in [2.75, 3.05) is 4.90 Å². The van der Waals surface area contributed by atoms with Crippen LogP contribution in [-0.2, 0) is 5.41 Å². The molecule has 2 heteroatoms. The molecule has 270 valence electrons. The molecule has 0 aliphatic heterocycles. The van der Waals surface area contributed by atoms with Crippen LogP contribution in [0.3, 0.4) is 0 Å². The van der Waals surface area contributed by atoms with Crippen molar-refractivity contribution in [3.63, 3.8) is 0 Å². The third-order valence-corrected chi connectivity index (χ3v) is 12.1. The molecule has 0 N–H and O–H groups in total. The first kappa shape index (κ1) is 33.2. The van der Waals surface area contributed by atoms with E-state index in [1.54, 1.807) is 0 Å². The van der Waals surface area contributed by atoms with Gasteiger partial charge in [0.15, 0.2) is 0 Å². The minimum atomic E-state index is -0.118. The second-order valence-electron chi connectivity index (χ2n) is 15.7. The first-order valence-electron chi connectivity index (χ1n) is 19.8. The van der Waals surface area contributed by atoms with Gasteiger partial charge in [0, 0.05) is 38.6 Å². The van der Waals surface area contributed by atoms with Gasteiger partial charge >= 0.3 is 0 Å². The summed E-state index contributed by atoms with van der Waals surface area (Å²) in [6.07, 6.45) is 0. The van der Waals surface area contributed by atoms with Crippen molar-refractivity contribution in [3.8, 4) is 44.5 Å². The molecule has 0 saturated heterocycles. The Hall–Kier alpha value is -7.16. The summed E-state index contributed by atoms with van der Waals surface area (Å²) < 4.78 is 6.71. The van der Waals surface area contributed by atoms with Gasteiger partial charge in [-0.05, 0) is 110 Å². The zero-order valence-electron chi connectivity index (χ0n) is 31.9. The molecule has 1 aliphatic rings. The number of furan rings is 1. The van der Waals surface area contributed by atoms with Gasteiger partial charge in [-0.2, -0.15) is 0 Å². The SMILES string of the molecule is CC1(C)c2ccccc2-c2ccc(N(c3ccc(-c4ccccc4)cc3)c3cccc(-c4cc5c(oc6cccc(-c7ccccc7)c65)c5ccccc45)c3)cc21. The average Bonchev–Trinajstić information content (AvgIpc) is 3.76. The first-order chi connectivity index (χ1) is 28.0. The van der Waals surface area contributed by atoms with Gasteiger partial charge in [0.05, 0.1) is 0 Å². The summed E-state index contributed by atoms with van der Waals surface area (Å²) in [6, 6.07) is 72.6. The molecule has 11 rings (SSSR count). The van der Waals surface area contributed by atoms with Crippen LogP contribution in [0.25, 0.3) is 77.2 Å². The average molecular weight is 730 g/mol. The normalized spacial score (nSPS) is 12.9. The Balaban J connectivity index is 1.11. The van der Waals surface area contributed by atoms with Crippen LogP contribution >= 0.6 is 0 Å². The van der Waals surface area contributed by atoms with Crippen molar-refractivity contribution in [1.29, 1.82) is 0 Å². The Kier molecular flexibility index (Phi) is 7.55. The van der Waals surface area contributed by atoms with E-state index in [-0.39, 0.29) is 5.41 Å². The molecule has 0 amide bonds. The Bertz CT molecular complexity index is 3140. The van der Waals surface area contributed by atoms with E-state index in [0.29, 0.717) is 0 Å². The van der Waals surface area contributed by atoms with E-state index in [4.69, 9.17) is 4.42 Å². The van der Waals surface area contributed by atoms with Crippen molar-refractivity contribution in [2.24, 2.45) is 0 Å². The highest BCUT2D eigenvalue weighted by Crippen LogP contribution is 2.51. The van der Waals surface area contributed by atoms with Crippen LogP contribution in [0.5, 0.6) is 0 Å². The molecular formula is C55H39NO. The van der Waals surface area contributed by atoms with Gasteiger partial charge in [0.25, 0.3) is 0 Å². The van der Waals surface area contributed by atoms with Gasteiger partial charge in [0.1, 0.15) is 11.2 Å². The molecule has 1 aliphatic carbocycles. The second-order valence-corrected chi connectivity index (χ2v) is 15.7. The maximum Gasteiger partial charge on any atom is 0.143 e. The highest BCUT2D eigenvalue weighted by atomic mass is 16.3. The van der Waals surface area contributed by atoms with E-state index in [2.05, 4.69) is 219 Å². The Morgan fingerprint density at radius 1 is 0.368 bits per heavy atom. The molecule has 1 aromatic heterocycles. The summed E-state index contributed by atoms with van der Waals surface area (Å²) in [5, 5.41) is 4.54.